The average molecular weight is 293 g/mol. The molecule has 0 radical (unpaired) electrons. The first kappa shape index (κ1) is 15.4. The van der Waals surface area contributed by atoms with Gasteiger partial charge in [0.05, 0.1) is 6.10 Å². The fourth-order valence-electron chi connectivity index (χ4n) is 2.65. The molecule has 1 atom stereocenters. The molecule has 0 aliphatic heterocycles. The minimum atomic E-state index is -0.626. The van der Waals surface area contributed by atoms with E-state index < -0.39 is 6.10 Å². The lowest BCUT2D eigenvalue weighted by Crippen LogP contribution is -2.34. The maximum Gasteiger partial charge on any atom is 0.223 e. The van der Waals surface area contributed by atoms with Gasteiger partial charge in [-0.2, -0.15) is 0 Å². The van der Waals surface area contributed by atoms with E-state index in [1.807, 2.05) is 30.5 Å². The summed E-state index contributed by atoms with van der Waals surface area (Å²) in [6, 6.07) is 7.82. The minimum Gasteiger partial charge on any atom is -0.387 e. The van der Waals surface area contributed by atoms with Crippen molar-refractivity contribution >= 4 is 17.7 Å². The molecule has 0 spiro atoms. The quantitative estimate of drug-likeness (QED) is 0.820. The van der Waals surface area contributed by atoms with Crippen LogP contribution in [0.2, 0.25) is 0 Å². The summed E-state index contributed by atoms with van der Waals surface area (Å²) in [6.07, 6.45) is 6.92. The summed E-state index contributed by atoms with van der Waals surface area (Å²) < 4.78 is 0. The Bertz CT molecular complexity index is 427. The Morgan fingerprint density at radius 1 is 1.30 bits per heavy atom. The van der Waals surface area contributed by atoms with Crippen LogP contribution in [0.4, 0.5) is 0 Å². The van der Waals surface area contributed by atoms with E-state index in [9.17, 15) is 9.90 Å². The number of aliphatic hydroxyl groups is 1. The van der Waals surface area contributed by atoms with Gasteiger partial charge in [-0.15, -0.1) is 11.8 Å². The Kier molecular flexibility index (Phi) is 5.92. The van der Waals surface area contributed by atoms with Crippen LogP contribution in [-0.4, -0.2) is 23.8 Å². The van der Waals surface area contributed by atoms with Gasteiger partial charge < -0.3 is 10.4 Å². The van der Waals surface area contributed by atoms with Crippen molar-refractivity contribution in [1.82, 2.24) is 5.32 Å². The molecule has 3 nitrogen and oxygen atoms in total. The number of hydrogen-bond acceptors (Lipinski definition) is 3. The van der Waals surface area contributed by atoms with Crippen LogP contribution in [0.1, 0.15) is 43.8 Å². The van der Waals surface area contributed by atoms with Crippen LogP contribution in [0.5, 0.6) is 0 Å². The molecule has 1 aliphatic rings. The fraction of sp³-hybridized carbons (Fsp3) is 0.562. The van der Waals surface area contributed by atoms with E-state index in [2.05, 4.69) is 5.32 Å². The average Bonchev–Trinajstić information content (AvgIpc) is 2.53. The van der Waals surface area contributed by atoms with E-state index >= 15 is 0 Å². The molecular weight excluding hydrogens is 270 g/mol. The largest absolute Gasteiger partial charge is 0.387 e. The number of carbonyl (C=O) groups excluding carboxylic acids is 1. The first-order valence-electron chi connectivity index (χ1n) is 7.30. The molecule has 0 bridgehead atoms. The molecule has 1 saturated carbocycles. The summed E-state index contributed by atoms with van der Waals surface area (Å²) in [6.45, 7) is 0.300. The molecule has 20 heavy (non-hydrogen) atoms. The van der Waals surface area contributed by atoms with Crippen LogP contribution in [0, 0.1) is 5.92 Å². The van der Waals surface area contributed by atoms with E-state index in [4.69, 9.17) is 0 Å². The van der Waals surface area contributed by atoms with Gasteiger partial charge in [-0.1, -0.05) is 31.4 Å². The molecule has 2 rings (SSSR count). The zero-order valence-electron chi connectivity index (χ0n) is 12.0. The summed E-state index contributed by atoms with van der Waals surface area (Å²) in [5.41, 5.74) is 0.853. The van der Waals surface area contributed by atoms with Gasteiger partial charge in [-0.05, 0) is 36.8 Å². The predicted molar refractivity (Wildman–Crippen MR) is 82.8 cm³/mol. The monoisotopic (exact) mass is 293 g/mol. The van der Waals surface area contributed by atoms with Crippen molar-refractivity contribution in [2.24, 2.45) is 5.92 Å². The Morgan fingerprint density at radius 3 is 2.55 bits per heavy atom. The third-order valence-electron chi connectivity index (χ3n) is 3.95. The molecule has 2 N–H and O–H groups in total. The highest BCUT2D eigenvalue weighted by atomic mass is 32.2. The smallest absolute Gasteiger partial charge is 0.223 e. The van der Waals surface area contributed by atoms with Crippen LogP contribution in [0.3, 0.4) is 0 Å². The highest BCUT2D eigenvalue weighted by molar-refractivity contribution is 7.98. The molecule has 1 aromatic carbocycles. The third-order valence-corrected chi connectivity index (χ3v) is 4.69. The van der Waals surface area contributed by atoms with Crippen molar-refractivity contribution in [1.29, 1.82) is 0 Å². The third kappa shape index (κ3) is 4.25. The van der Waals surface area contributed by atoms with Crippen LogP contribution in [0.25, 0.3) is 0 Å². The standard InChI is InChI=1S/C16H23NO2S/c1-20-14-9-7-12(8-10-14)15(18)11-17-16(19)13-5-3-2-4-6-13/h7-10,13,15,18H,2-6,11H2,1H3,(H,17,19)/t15-/m1/s1. The highest BCUT2D eigenvalue weighted by Gasteiger charge is 2.21. The van der Waals surface area contributed by atoms with Gasteiger partial charge in [0, 0.05) is 17.4 Å². The van der Waals surface area contributed by atoms with Crippen LogP contribution >= 0.6 is 11.8 Å². The molecule has 0 saturated heterocycles. The second-order valence-electron chi connectivity index (χ2n) is 5.37. The van der Waals surface area contributed by atoms with Gasteiger partial charge in [-0.25, -0.2) is 0 Å². The van der Waals surface area contributed by atoms with Crippen molar-refractivity contribution in [3.05, 3.63) is 29.8 Å². The number of carbonyl (C=O) groups is 1. The SMILES string of the molecule is CSc1ccc([C@H](O)CNC(=O)C2CCCCC2)cc1. The number of aliphatic hydroxyl groups excluding tert-OH is 1. The van der Waals surface area contributed by atoms with Crippen LogP contribution in [-0.2, 0) is 4.79 Å². The summed E-state index contributed by atoms with van der Waals surface area (Å²) in [5.74, 6) is 0.249. The zero-order chi connectivity index (χ0) is 14.4. The summed E-state index contributed by atoms with van der Waals surface area (Å²) in [4.78, 5) is 13.2. The second-order valence-corrected chi connectivity index (χ2v) is 6.25. The fourth-order valence-corrected chi connectivity index (χ4v) is 3.06. The van der Waals surface area contributed by atoms with Crippen molar-refractivity contribution in [3.63, 3.8) is 0 Å². The van der Waals surface area contributed by atoms with Gasteiger partial charge in [0.15, 0.2) is 0 Å². The van der Waals surface area contributed by atoms with E-state index in [0.29, 0.717) is 6.54 Å². The number of rotatable bonds is 5. The zero-order valence-corrected chi connectivity index (χ0v) is 12.8. The number of benzene rings is 1. The molecule has 0 unspecified atom stereocenters. The normalized spacial score (nSPS) is 17.7. The van der Waals surface area contributed by atoms with Crippen molar-refractivity contribution < 1.29 is 9.90 Å². The van der Waals surface area contributed by atoms with Gasteiger partial charge in [-0.3, -0.25) is 4.79 Å². The Labute approximate surface area is 125 Å². The molecule has 0 aromatic heterocycles. The molecule has 1 amide bonds. The van der Waals surface area contributed by atoms with Gasteiger partial charge >= 0.3 is 0 Å². The maximum absolute atomic E-state index is 12.0. The maximum atomic E-state index is 12.0. The molecular formula is C16H23NO2S. The number of thioether (sulfide) groups is 1. The topological polar surface area (TPSA) is 49.3 Å². The summed E-state index contributed by atoms with van der Waals surface area (Å²) >= 11 is 1.67. The molecule has 1 aliphatic carbocycles. The number of amides is 1. The lowest BCUT2D eigenvalue weighted by molar-refractivity contribution is -0.126. The molecule has 0 heterocycles. The number of hydrogen-bond donors (Lipinski definition) is 2. The molecule has 1 aromatic rings. The van der Waals surface area contributed by atoms with E-state index in [1.165, 1.54) is 11.3 Å². The Hall–Kier alpha value is -1.00. The van der Waals surface area contributed by atoms with Gasteiger partial charge in [0.2, 0.25) is 5.91 Å². The summed E-state index contributed by atoms with van der Waals surface area (Å²) in [7, 11) is 0. The van der Waals surface area contributed by atoms with Crippen molar-refractivity contribution in [3.8, 4) is 0 Å². The van der Waals surface area contributed by atoms with E-state index in [-0.39, 0.29) is 11.8 Å². The van der Waals surface area contributed by atoms with E-state index in [0.717, 1.165) is 31.2 Å². The van der Waals surface area contributed by atoms with Crippen LogP contribution < -0.4 is 5.32 Å². The Morgan fingerprint density at radius 2 is 1.95 bits per heavy atom. The Balaban J connectivity index is 1.81. The minimum absolute atomic E-state index is 0.101. The van der Waals surface area contributed by atoms with Gasteiger partial charge in [0.1, 0.15) is 0 Å². The van der Waals surface area contributed by atoms with Crippen molar-refractivity contribution in [2.45, 2.75) is 43.1 Å². The predicted octanol–water partition coefficient (Wildman–Crippen LogP) is 3.14. The van der Waals surface area contributed by atoms with Crippen LogP contribution in [0.15, 0.2) is 29.2 Å². The van der Waals surface area contributed by atoms with Crippen molar-refractivity contribution in [2.75, 3.05) is 12.8 Å². The lowest BCUT2D eigenvalue weighted by Gasteiger charge is -2.21. The first-order valence-corrected chi connectivity index (χ1v) is 8.53. The first-order chi connectivity index (χ1) is 9.70. The summed E-state index contributed by atoms with van der Waals surface area (Å²) in [5, 5.41) is 13.0. The number of nitrogens with one attached hydrogen (secondary N) is 1. The highest BCUT2D eigenvalue weighted by Crippen LogP contribution is 2.24. The lowest BCUT2D eigenvalue weighted by atomic mass is 9.88. The van der Waals surface area contributed by atoms with E-state index in [1.54, 1.807) is 11.8 Å². The van der Waals surface area contributed by atoms with Gasteiger partial charge in [0.25, 0.3) is 0 Å². The second kappa shape index (κ2) is 7.70. The molecule has 110 valence electrons. The molecule has 1 fully saturated rings. The molecule has 4 heteroatoms.